The number of nitro groups is 1. The van der Waals surface area contributed by atoms with Crippen molar-refractivity contribution in [3.63, 3.8) is 0 Å². The number of ether oxygens (including phenoxy) is 1. The normalized spacial score (nSPS) is 16.6. The fourth-order valence-electron chi connectivity index (χ4n) is 2.11. The van der Waals surface area contributed by atoms with E-state index in [9.17, 15) is 24.5 Å². The molecular formula is C14H15N3O6. The summed E-state index contributed by atoms with van der Waals surface area (Å²) >= 11 is 0. The Morgan fingerprint density at radius 2 is 2.22 bits per heavy atom. The third-order valence-corrected chi connectivity index (χ3v) is 3.25. The number of benzene rings is 1. The lowest BCUT2D eigenvalue weighted by atomic mass is 10.2. The first kappa shape index (κ1) is 16.4. The summed E-state index contributed by atoms with van der Waals surface area (Å²) in [4.78, 5) is 44.8. The molecule has 0 radical (unpaired) electrons. The maximum Gasteiger partial charge on any atom is 0.329 e. The van der Waals surface area contributed by atoms with Crippen LogP contribution in [0.2, 0.25) is 0 Å². The lowest BCUT2D eigenvalue weighted by Gasteiger charge is -2.10. The van der Waals surface area contributed by atoms with Crippen LogP contribution in [-0.2, 0) is 19.1 Å². The van der Waals surface area contributed by atoms with E-state index in [0.717, 1.165) is 0 Å². The molecule has 0 aromatic heterocycles. The first-order valence-corrected chi connectivity index (χ1v) is 6.87. The maximum atomic E-state index is 11.8. The molecule has 1 aromatic rings. The van der Waals surface area contributed by atoms with Crippen LogP contribution >= 0.6 is 0 Å². The van der Waals surface area contributed by atoms with E-state index in [1.807, 2.05) is 0 Å². The zero-order chi connectivity index (χ0) is 17.0. The molecule has 1 aliphatic rings. The van der Waals surface area contributed by atoms with Crippen LogP contribution in [0.15, 0.2) is 18.2 Å². The van der Waals surface area contributed by atoms with Crippen molar-refractivity contribution in [2.45, 2.75) is 25.8 Å². The molecule has 1 heterocycles. The smallest absolute Gasteiger partial charge is 0.329 e. The van der Waals surface area contributed by atoms with Gasteiger partial charge in [-0.15, -0.1) is 0 Å². The third-order valence-electron chi connectivity index (χ3n) is 3.25. The van der Waals surface area contributed by atoms with Gasteiger partial charge in [0.2, 0.25) is 5.91 Å². The van der Waals surface area contributed by atoms with Gasteiger partial charge in [0.05, 0.1) is 4.92 Å². The molecule has 1 saturated heterocycles. The first-order valence-electron chi connectivity index (χ1n) is 6.87. The summed E-state index contributed by atoms with van der Waals surface area (Å²) in [6.07, 6.45) is 0.560. The number of aryl methyl sites for hydroxylation is 1. The topological polar surface area (TPSA) is 128 Å². The standard InChI is InChI=1S/C14H15N3O6/c1-8-2-3-9(11(6-8)17(21)22)15-13(19)7-23-14(20)10-4-5-12(18)16-10/h2-3,6,10H,4-5,7H2,1H3,(H,15,19)(H,16,18)/t10-/m0/s1. The van der Waals surface area contributed by atoms with E-state index in [-0.39, 0.29) is 23.7 Å². The number of anilines is 1. The number of carbonyl (C=O) groups is 3. The van der Waals surface area contributed by atoms with Crippen molar-refractivity contribution in [2.75, 3.05) is 11.9 Å². The molecule has 0 unspecified atom stereocenters. The quantitative estimate of drug-likeness (QED) is 0.466. The fourth-order valence-corrected chi connectivity index (χ4v) is 2.11. The Kier molecular flexibility index (Phi) is 4.89. The molecule has 2 N–H and O–H groups in total. The van der Waals surface area contributed by atoms with Crippen LogP contribution in [0.1, 0.15) is 18.4 Å². The van der Waals surface area contributed by atoms with Crippen molar-refractivity contribution in [1.29, 1.82) is 0 Å². The molecule has 0 spiro atoms. The number of esters is 1. The minimum atomic E-state index is -0.746. The summed E-state index contributed by atoms with van der Waals surface area (Å²) in [5, 5.41) is 15.7. The van der Waals surface area contributed by atoms with Crippen LogP contribution in [0.5, 0.6) is 0 Å². The van der Waals surface area contributed by atoms with Gasteiger partial charge in [-0.1, -0.05) is 6.07 Å². The fraction of sp³-hybridized carbons (Fsp3) is 0.357. The summed E-state index contributed by atoms with van der Waals surface area (Å²) in [7, 11) is 0. The van der Waals surface area contributed by atoms with E-state index in [4.69, 9.17) is 4.74 Å². The van der Waals surface area contributed by atoms with Crippen molar-refractivity contribution in [1.82, 2.24) is 5.32 Å². The number of hydrogen-bond donors (Lipinski definition) is 2. The van der Waals surface area contributed by atoms with Crippen molar-refractivity contribution in [3.05, 3.63) is 33.9 Å². The van der Waals surface area contributed by atoms with Gasteiger partial charge < -0.3 is 15.4 Å². The molecule has 1 atom stereocenters. The van der Waals surface area contributed by atoms with E-state index in [0.29, 0.717) is 12.0 Å². The van der Waals surface area contributed by atoms with Crippen LogP contribution in [0.25, 0.3) is 0 Å². The highest BCUT2D eigenvalue weighted by atomic mass is 16.6. The molecule has 9 nitrogen and oxygen atoms in total. The van der Waals surface area contributed by atoms with Crippen LogP contribution in [-0.4, -0.2) is 35.4 Å². The maximum absolute atomic E-state index is 11.8. The highest BCUT2D eigenvalue weighted by Gasteiger charge is 2.29. The third kappa shape index (κ3) is 4.25. The van der Waals surface area contributed by atoms with Crippen LogP contribution < -0.4 is 10.6 Å². The zero-order valence-electron chi connectivity index (χ0n) is 12.3. The molecule has 0 aliphatic carbocycles. The molecule has 2 rings (SSSR count). The number of hydrogen-bond acceptors (Lipinski definition) is 6. The number of carbonyl (C=O) groups excluding carboxylic acids is 3. The SMILES string of the molecule is Cc1ccc(NC(=O)COC(=O)[C@@H]2CCC(=O)N2)c([N+](=O)[O-])c1. The molecule has 1 aliphatic heterocycles. The highest BCUT2D eigenvalue weighted by molar-refractivity contribution is 5.95. The van der Waals surface area contributed by atoms with Crippen LogP contribution in [0.4, 0.5) is 11.4 Å². The van der Waals surface area contributed by atoms with Gasteiger partial charge in [-0.2, -0.15) is 0 Å². The second kappa shape index (κ2) is 6.86. The van der Waals surface area contributed by atoms with Gasteiger partial charge in [0, 0.05) is 12.5 Å². The Morgan fingerprint density at radius 1 is 1.48 bits per heavy atom. The number of rotatable bonds is 5. The molecule has 2 amide bonds. The average Bonchev–Trinajstić information content (AvgIpc) is 2.93. The van der Waals surface area contributed by atoms with Gasteiger partial charge in [-0.25, -0.2) is 4.79 Å². The average molecular weight is 321 g/mol. The van der Waals surface area contributed by atoms with E-state index in [1.54, 1.807) is 13.0 Å². The van der Waals surface area contributed by atoms with Gasteiger partial charge in [0.15, 0.2) is 6.61 Å². The van der Waals surface area contributed by atoms with Crippen molar-refractivity contribution in [3.8, 4) is 0 Å². The molecule has 122 valence electrons. The number of nitrogens with one attached hydrogen (secondary N) is 2. The van der Waals surface area contributed by atoms with Crippen molar-refractivity contribution >= 4 is 29.2 Å². The van der Waals surface area contributed by atoms with E-state index >= 15 is 0 Å². The van der Waals surface area contributed by atoms with E-state index < -0.39 is 29.4 Å². The summed E-state index contributed by atoms with van der Waals surface area (Å²) in [6.45, 7) is 1.10. The van der Waals surface area contributed by atoms with Gasteiger partial charge in [0.25, 0.3) is 11.6 Å². The highest BCUT2D eigenvalue weighted by Crippen LogP contribution is 2.25. The van der Waals surface area contributed by atoms with Gasteiger partial charge in [-0.05, 0) is 25.0 Å². The zero-order valence-corrected chi connectivity index (χ0v) is 12.3. The van der Waals surface area contributed by atoms with E-state index in [1.165, 1.54) is 12.1 Å². The number of nitrogens with zero attached hydrogens (tertiary/aromatic N) is 1. The Hall–Kier alpha value is -2.97. The minimum absolute atomic E-state index is 0.0239. The van der Waals surface area contributed by atoms with Gasteiger partial charge >= 0.3 is 5.97 Å². The predicted octanol–water partition coefficient (Wildman–Crippen LogP) is 0.664. The van der Waals surface area contributed by atoms with Gasteiger partial charge in [0.1, 0.15) is 11.7 Å². The van der Waals surface area contributed by atoms with Crippen LogP contribution in [0.3, 0.4) is 0 Å². The molecule has 1 fully saturated rings. The molecule has 1 aromatic carbocycles. The number of nitro benzene ring substituents is 1. The van der Waals surface area contributed by atoms with Crippen molar-refractivity contribution in [2.24, 2.45) is 0 Å². The second-order valence-corrected chi connectivity index (χ2v) is 5.09. The lowest BCUT2D eigenvalue weighted by molar-refractivity contribution is -0.384. The van der Waals surface area contributed by atoms with Gasteiger partial charge in [-0.3, -0.25) is 19.7 Å². The molecule has 0 saturated carbocycles. The monoisotopic (exact) mass is 321 g/mol. The summed E-state index contributed by atoms with van der Waals surface area (Å²) in [6, 6.07) is 3.60. The number of amides is 2. The summed E-state index contributed by atoms with van der Waals surface area (Å²) in [5.41, 5.74) is 0.460. The van der Waals surface area contributed by atoms with Crippen LogP contribution in [0, 0.1) is 17.0 Å². The van der Waals surface area contributed by atoms with E-state index in [2.05, 4.69) is 10.6 Å². The Bertz CT molecular complexity index is 672. The summed E-state index contributed by atoms with van der Waals surface area (Å²) < 4.78 is 4.80. The Labute approximate surface area is 131 Å². The minimum Gasteiger partial charge on any atom is -0.454 e. The molecule has 9 heteroatoms. The second-order valence-electron chi connectivity index (χ2n) is 5.09. The largest absolute Gasteiger partial charge is 0.454 e. The molecular weight excluding hydrogens is 306 g/mol. The van der Waals surface area contributed by atoms with Crippen molar-refractivity contribution < 1.29 is 24.0 Å². The predicted molar refractivity (Wildman–Crippen MR) is 78.6 cm³/mol. The lowest BCUT2D eigenvalue weighted by Crippen LogP contribution is -2.36. The summed E-state index contributed by atoms with van der Waals surface area (Å²) in [5.74, 6) is -1.65. The Morgan fingerprint density at radius 3 is 2.83 bits per heavy atom. The Balaban J connectivity index is 1.91. The first-order chi connectivity index (χ1) is 10.9. The molecule has 23 heavy (non-hydrogen) atoms. The molecule has 0 bridgehead atoms.